The molecule has 2 aliphatic rings. The van der Waals surface area contributed by atoms with Gasteiger partial charge in [0, 0.05) is 12.5 Å². The van der Waals surface area contributed by atoms with Crippen LogP contribution in [0.25, 0.3) is 11.1 Å². The van der Waals surface area contributed by atoms with Gasteiger partial charge >= 0.3 is 6.09 Å². The zero-order valence-electron chi connectivity index (χ0n) is 14.1. The Morgan fingerprint density at radius 1 is 1.12 bits per heavy atom. The molecule has 5 nitrogen and oxygen atoms in total. The lowest BCUT2D eigenvalue weighted by Crippen LogP contribution is -2.55. The van der Waals surface area contributed by atoms with Crippen molar-refractivity contribution in [2.45, 2.75) is 18.9 Å². The monoisotopic (exact) mass is 336 g/mol. The largest absolute Gasteiger partial charge is 0.448 e. The van der Waals surface area contributed by atoms with E-state index < -0.39 is 6.09 Å². The fourth-order valence-electron chi connectivity index (χ4n) is 3.66. The molecule has 0 spiro atoms. The predicted molar refractivity (Wildman–Crippen MR) is 94.2 cm³/mol. The molecule has 1 aliphatic heterocycles. The summed E-state index contributed by atoms with van der Waals surface area (Å²) in [5.74, 6) is -0.114. The van der Waals surface area contributed by atoms with Crippen LogP contribution >= 0.6 is 0 Å². The summed E-state index contributed by atoms with van der Waals surface area (Å²) in [6.07, 6.45) is -0.427. The third-order valence-electron chi connectivity index (χ3n) is 5.01. The van der Waals surface area contributed by atoms with Crippen molar-refractivity contribution in [3.8, 4) is 11.1 Å². The summed E-state index contributed by atoms with van der Waals surface area (Å²) in [5, 5.41) is 2.75. The Morgan fingerprint density at radius 3 is 2.36 bits per heavy atom. The van der Waals surface area contributed by atoms with Gasteiger partial charge in [0.15, 0.2) is 0 Å². The lowest BCUT2D eigenvalue weighted by molar-refractivity contribution is -0.124. The van der Waals surface area contributed by atoms with E-state index in [1.165, 1.54) is 27.2 Å². The van der Waals surface area contributed by atoms with Crippen LogP contribution in [0.15, 0.2) is 48.5 Å². The van der Waals surface area contributed by atoms with Crippen LogP contribution < -0.4 is 5.32 Å². The van der Waals surface area contributed by atoms with Crippen molar-refractivity contribution >= 4 is 12.0 Å². The van der Waals surface area contributed by atoms with Crippen LogP contribution in [-0.2, 0) is 9.53 Å². The van der Waals surface area contributed by atoms with Crippen molar-refractivity contribution in [1.29, 1.82) is 0 Å². The summed E-state index contributed by atoms with van der Waals surface area (Å²) in [6.45, 7) is 2.69. The van der Waals surface area contributed by atoms with Crippen LogP contribution in [-0.4, -0.2) is 42.6 Å². The summed E-state index contributed by atoms with van der Waals surface area (Å²) in [7, 11) is 0. The third-order valence-corrected chi connectivity index (χ3v) is 5.01. The predicted octanol–water partition coefficient (Wildman–Crippen LogP) is 2.76. The van der Waals surface area contributed by atoms with Crippen LogP contribution in [0.3, 0.4) is 0 Å². The van der Waals surface area contributed by atoms with Gasteiger partial charge in [-0.05, 0) is 29.2 Å². The molecule has 4 rings (SSSR count). The Labute approximate surface area is 146 Å². The maximum Gasteiger partial charge on any atom is 0.410 e. The van der Waals surface area contributed by atoms with E-state index in [1.807, 2.05) is 31.2 Å². The molecule has 2 aromatic rings. The van der Waals surface area contributed by atoms with Crippen LogP contribution in [0.5, 0.6) is 0 Å². The highest BCUT2D eigenvalue weighted by Crippen LogP contribution is 2.44. The quantitative estimate of drug-likeness (QED) is 0.917. The number of ether oxygens (including phenoxy) is 1. The number of piperazine rings is 1. The summed E-state index contributed by atoms with van der Waals surface area (Å²) in [5.41, 5.74) is 4.76. The Morgan fingerprint density at radius 2 is 1.72 bits per heavy atom. The molecule has 0 unspecified atom stereocenters. The Bertz CT molecular complexity index is 788. The highest BCUT2D eigenvalue weighted by atomic mass is 16.6. The molecule has 1 fully saturated rings. The van der Waals surface area contributed by atoms with Gasteiger partial charge < -0.3 is 10.1 Å². The minimum Gasteiger partial charge on any atom is -0.448 e. The number of nitrogens with zero attached hydrogens (tertiary/aromatic N) is 1. The van der Waals surface area contributed by atoms with Crippen molar-refractivity contribution in [3.05, 3.63) is 59.7 Å². The number of hydrogen-bond donors (Lipinski definition) is 1. The van der Waals surface area contributed by atoms with Gasteiger partial charge in [-0.25, -0.2) is 4.79 Å². The molecule has 1 aliphatic carbocycles. The number of carbonyl (C=O) groups excluding carboxylic acids is 2. The fraction of sp³-hybridized carbons (Fsp3) is 0.300. The highest BCUT2D eigenvalue weighted by molar-refractivity contribution is 5.84. The molecule has 2 amide bonds. The van der Waals surface area contributed by atoms with Crippen molar-refractivity contribution in [2.75, 3.05) is 19.7 Å². The molecule has 25 heavy (non-hydrogen) atoms. The van der Waals surface area contributed by atoms with Crippen molar-refractivity contribution in [3.63, 3.8) is 0 Å². The van der Waals surface area contributed by atoms with E-state index in [-0.39, 0.29) is 31.0 Å². The highest BCUT2D eigenvalue weighted by Gasteiger charge is 2.32. The standard InChI is InChI=1S/C20H20N2O3/c1-13-10-21-19(23)11-22(13)20(24)25-12-18-16-8-4-2-6-14(16)15-7-3-5-9-17(15)18/h2-9,13,18H,10-12H2,1H3,(H,21,23)/t13-/m0/s1. The molecule has 2 aromatic carbocycles. The second-order valence-corrected chi connectivity index (χ2v) is 6.58. The van der Waals surface area contributed by atoms with Gasteiger partial charge in [-0.15, -0.1) is 0 Å². The molecule has 1 atom stereocenters. The van der Waals surface area contributed by atoms with E-state index in [0.29, 0.717) is 6.54 Å². The second-order valence-electron chi connectivity index (χ2n) is 6.58. The fourth-order valence-corrected chi connectivity index (χ4v) is 3.66. The van der Waals surface area contributed by atoms with Gasteiger partial charge in [-0.2, -0.15) is 0 Å². The average molecular weight is 336 g/mol. The van der Waals surface area contributed by atoms with Crippen molar-refractivity contribution in [2.24, 2.45) is 0 Å². The lowest BCUT2D eigenvalue weighted by atomic mass is 9.98. The molecular weight excluding hydrogens is 316 g/mol. The SMILES string of the molecule is C[C@H]1CNC(=O)CN1C(=O)OCC1c2ccccc2-c2ccccc21. The Hall–Kier alpha value is -2.82. The summed E-state index contributed by atoms with van der Waals surface area (Å²) in [6, 6.07) is 16.4. The first-order valence-electron chi connectivity index (χ1n) is 8.53. The molecule has 1 saturated heterocycles. The van der Waals surface area contributed by atoms with E-state index in [4.69, 9.17) is 4.74 Å². The minimum absolute atomic E-state index is 0.0327. The molecule has 0 aromatic heterocycles. The van der Waals surface area contributed by atoms with Crippen LogP contribution in [0, 0.1) is 0 Å². The Balaban J connectivity index is 1.53. The van der Waals surface area contributed by atoms with Gasteiger partial charge in [0.1, 0.15) is 13.2 Å². The number of nitrogens with one attached hydrogen (secondary N) is 1. The number of benzene rings is 2. The number of fused-ring (bicyclic) bond motifs is 3. The smallest absolute Gasteiger partial charge is 0.410 e. The number of rotatable bonds is 2. The molecule has 0 radical (unpaired) electrons. The summed E-state index contributed by atoms with van der Waals surface area (Å²) < 4.78 is 5.60. The zero-order valence-corrected chi connectivity index (χ0v) is 14.1. The van der Waals surface area contributed by atoms with E-state index >= 15 is 0 Å². The van der Waals surface area contributed by atoms with E-state index in [2.05, 4.69) is 29.6 Å². The number of carbonyl (C=O) groups is 2. The van der Waals surface area contributed by atoms with E-state index in [0.717, 1.165) is 0 Å². The van der Waals surface area contributed by atoms with E-state index in [1.54, 1.807) is 0 Å². The van der Waals surface area contributed by atoms with E-state index in [9.17, 15) is 9.59 Å². The van der Waals surface area contributed by atoms with Crippen LogP contribution in [0.2, 0.25) is 0 Å². The topological polar surface area (TPSA) is 58.6 Å². The van der Waals surface area contributed by atoms with Gasteiger partial charge in [0.2, 0.25) is 5.91 Å². The first-order valence-corrected chi connectivity index (χ1v) is 8.53. The molecule has 1 N–H and O–H groups in total. The molecule has 0 saturated carbocycles. The Kier molecular flexibility index (Phi) is 3.92. The zero-order chi connectivity index (χ0) is 17.4. The second kappa shape index (κ2) is 6.24. The molecular formula is C20H20N2O3. The van der Waals surface area contributed by atoms with Crippen LogP contribution in [0.4, 0.5) is 4.79 Å². The number of amides is 2. The van der Waals surface area contributed by atoms with Gasteiger partial charge in [-0.3, -0.25) is 9.69 Å². The summed E-state index contributed by atoms with van der Waals surface area (Å²) >= 11 is 0. The third kappa shape index (κ3) is 2.76. The van der Waals surface area contributed by atoms with Crippen molar-refractivity contribution in [1.82, 2.24) is 10.2 Å². The summed E-state index contributed by atoms with van der Waals surface area (Å²) in [4.78, 5) is 25.5. The maximum absolute atomic E-state index is 12.5. The average Bonchev–Trinajstić information content (AvgIpc) is 2.96. The molecule has 1 heterocycles. The first kappa shape index (κ1) is 15.7. The number of hydrogen-bond acceptors (Lipinski definition) is 3. The first-order chi connectivity index (χ1) is 12.1. The van der Waals surface area contributed by atoms with Gasteiger partial charge in [0.25, 0.3) is 0 Å². The van der Waals surface area contributed by atoms with Gasteiger partial charge in [-0.1, -0.05) is 48.5 Å². The normalized spacial score (nSPS) is 19.2. The van der Waals surface area contributed by atoms with Gasteiger partial charge in [0.05, 0.1) is 6.04 Å². The molecule has 128 valence electrons. The van der Waals surface area contributed by atoms with Crippen molar-refractivity contribution < 1.29 is 14.3 Å². The molecule has 0 bridgehead atoms. The maximum atomic E-state index is 12.5. The minimum atomic E-state index is -0.427. The van der Waals surface area contributed by atoms with Crippen LogP contribution in [0.1, 0.15) is 24.0 Å². The lowest BCUT2D eigenvalue weighted by Gasteiger charge is -2.32. The molecule has 5 heteroatoms.